The van der Waals surface area contributed by atoms with E-state index in [1.165, 1.54) is 17.0 Å². The van der Waals surface area contributed by atoms with E-state index >= 15 is 0 Å². The van der Waals surface area contributed by atoms with Crippen LogP contribution in [0.25, 0.3) is 0 Å². The highest BCUT2D eigenvalue weighted by Crippen LogP contribution is 2.31. The van der Waals surface area contributed by atoms with E-state index in [2.05, 4.69) is 5.32 Å². The maximum Gasteiger partial charge on any atom is 0.264 e. The SMILES string of the molecule is CCC(C)NC(=O)C(C)N(Cc1ccccc1C)C(=O)CN(c1ccccc1Cl)S(=O)(=O)c1ccc(C)cc1. The average molecular weight is 570 g/mol. The van der Waals surface area contributed by atoms with Gasteiger partial charge in [-0.25, -0.2) is 8.42 Å². The highest BCUT2D eigenvalue weighted by molar-refractivity contribution is 7.92. The minimum atomic E-state index is -4.17. The molecule has 3 aromatic rings. The average Bonchev–Trinajstić information content (AvgIpc) is 2.91. The Kier molecular flexibility index (Phi) is 10.2. The largest absolute Gasteiger partial charge is 0.352 e. The van der Waals surface area contributed by atoms with Crippen LogP contribution >= 0.6 is 11.6 Å². The molecule has 0 aliphatic rings. The molecule has 208 valence electrons. The van der Waals surface area contributed by atoms with Gasteiger partial charge in [-0.1, -0.05) is 72.6 Å². The molecule has 0 saturated heterocycles. The van der Waals surface area contributed by atoms with Crippen LogP contribution in [0.3, 0.4) is 0 Å². The Morgan fingerprint density at radius 1 is 0.923 bits per heavy atom. The Balaban J connectivity index is 2.05. The van der Waals surface area contributed by atoms with E-state index in [4.69, 9.17) is 11.6 Å². The maximum atomic E-state index is 14.0. The molecule has 0 radical (unpaired) electrons. The first-order valence-corrected chi connectivity index (χ1v) is 14.8. The minimum Gasteiger partial charge on any atom is -0.352 e. The van der Waals surface area contributed by atoms with E-state index in [1.807, 2.05) is 52.0 Å². The van der Waals surface area contributed by atoms with Crippen molar-refractivity contribution in [1.82, 2.24) is 10.2 Å². The van der Waals surface area contributed by atoms with E-state index in [9.17, 15) is 18.0 Å². The van der Waals surface area contributed by atoms with Crippen molar-refractivity contribution < 1.29 is 18.0 Å². The first-order chi connectivity index (χ1) is 18.4. The molecule has 0 aliphatic heterocycles. The fourth-order valence-corrected chi connectivity index (χ4v) is 5.74. The fourth-order valence-electron chi connectivity index (χ4n) is 4.02. The Labute approximate surface area is 236 Å². The Bertz CT molecular complexity index is 1410. The van der Waals surface area contributed by atoms with Crippen LogP contribution in [0.1, 0.15) is 43.9 Å². The highest BCUT2D eigenvalue weighted by atomic mass is 35.5. The summed E-state index contributed by atoms with van der Waals surface area (Å²) in [5.41, 5.74) is 2.90. The monoisotopic (exact) mass is 569 g/mol. The van der Waals surface area contributed by atoms with Crippen LogP contribution < -0.4 is 9.62 Å². The second kappa shape index (κ2) is 13.1. The van der Waals surface area contributed by atoms with E-state index in [1.54, 1.807) is 43.3 Å². The van der Waals surface area contributed by atoms with Gasteiger partial charge in [-0.2, -0.15) is 0 Å². The van der Waals surface area contributed by atoms with Crippen LogP contribution in [0.5, 0.6) is 0 Å². The first-order valence-electron chi connectivity index (χ1n) is 12.9. The van der Waals surface area contributed by atoms with E-state index < -0.39 is 28.5 Å². The fraction of sp³-hybridized carbons (Fsp3) is 0.333. The van der Waals surface area contributed by atoms with Crippen LogP contribution in [-0.2, 0) is 26.2 Å². The second-order valence-electron chi connectivity index (χ2n) is 9.72. The number of halogens is 1. The third-order valence-electron chi connectivity index (χ3n) is 6.78. The Morgan fingerprint density at radius 3 is 2.15 bits per heavy atom. The number of hydrogen-bond acceptors (Lipinski definition) is 4. The first kappa shape index (κ1) is 30.2. The molecule has 1 N–H and O–H groups in total. The van der Waals surface area contributed by atoms with Crippen LogP contribution in [-0.4, -0.2) is 43.8 Å². The molecule has 0 aromatic heterocycles. The lowest BCUT2D eigenvalue weighted by molar-refractivity contribution is -0.139. The summed E-state index contributed by atoms with van der Waals surface area (Å²) < 4.78 is 28.8. The molecule has 0 heterocycles. The summed E-state index contributed by atoms with van der Waals surface area (Å²) in [5, 5.41) is 3.12. The lowest BCUT2D eigenvalue weighted by atomic mass is 10.1. The molecule has 0 fully saturated rings. The predicted octanol–water partition coefficient (Wildman–Crippen LogP) is 5.48. The Morgan fingerprint density at radius 2 is 1.54 bits per heavy atom. The summed E-state index contributed by atoms with van der Waals surface area (Å²) in [7, 11) is -4.17. The van der Waals surface area contributed by atoms with Crippen LogP contribution in [0, 0.1) is 13.8 Å². The smallest absolute Gasteiger partial charge is 0.264 e. The van der Waals surface area contributed by atoms with Crippen LogP contribution in [0.15, 0.2) is 77.7 Å². The molecule has 3 aromatic carbocycles. The molecule has 0 saturated carbocycles. The van der Waals surface area contributed by atoms with Gasteiger partial charge in [0.15, 0.2) is 0 Å². The Hall–Kier alpha value is -3.36. The lowest BCUT2D eigenvalue weighted by Gasteiger charge is -2.33. The number of rotatable bonds is 11. The van der Waals surface area contributed by atoms with Crippen molar-refractivity contribution in [3.05, 3.63) is 94.5 Å². The summed E-state index contributed by atoms with van der Waals surface area (Å²) in [6.07, 6.45) is 0.735. The molecule has 0 aliphatic carbocycles. The zero-order valence-corrected chi connectivity index (χ0v) is 24.6. The molecule has 7 nitrogen and oxygen atoms in total. The summed E-state index contributed by atoms with van der Waals surface area (Å²) >= 11 is 6.44. The van der Waals surface area contributed by atoms with Gasteiger partial charge < -0.3 is 10.2 Å². The van der Waals surface area contributed by atoms with E-state index in [0.29, 0.717) is 0 Å². The van der Waals surface area contributed by atoms with Crippen molar-refractivity contribution in [1.29, 1.82) is 0 Å². The van der Waals surface area contributed by atoms with Gasteiger partial charge >= 0.3 is 0 Å². The molecule has 2 unspecified atom stereocenters. The number of aryl methyl sites for hydroxylation is 2. The maximum absolute atomic E-state index is 14.0. The minimum absolute atomic E-state index is 0.0360. The van der Waals surface area contributed by atoms with E-state index in [-0.39, 0.29) is 34.1 Å². The molecule has 0 spiro atoms. The third kappa shape index (κ3) is 7.40. The standard InChI is InChI=1S/C30H36ClN3O4S/c1-6-23(4)32-30(36)24(5)33(19-25-12-8-7-11-22(25)3)29(35)20-34(28-14-10-9-13-27(28)31)39(37,38)26-17-15-21(2)16-18-26/h7-18,23-24H,6,19-20H2,1-5H3,(H,32,36). The third-order valence-corrected chi connectivity index (χ3v) is 8.87. The number of carbonyl (C=O) groups is 2. The summed E-state index contributed by atoms with van der Waals surface area (Å²) in [5.74, 6) is -0.836. The van der Waals surface area contributed by atoms with Crippen molar-refractivity contribution in [2.24, 2.45) is 0 Å². The molecule has 2 atom stereocenters. The summed E-state index contributed by atoms with van der Waals surface area (Å²) in [6, 6.07) is 19.6. The molecular weight excluding hydrogens is 534 g/mol. The number of carbonyl (C=O) groups excluding carboxylic acids is 2. The second-order valence-corrected chi connectivity index (χ2v) is 12.0. The van der Waals surface area contributed by atoms with E-state index in [0.717, 1.165) is 27.4 Å². The van der Waals surface area contributed by atoms with Crippen LogP contribution in [0.2, 0.25) is 5.02 Å². The number of nitrogens with one attached hydrogen (secondary N) is 1. The predicted molar refractivity (Wildman–Crippen MR) is 156 cm³/mol. The topological polar surface area (TPSA) is 86.8 Å². The lowest BCUT2D eigenvalue weighted by Crippen LogP contribution is -2.52. The van der Waals surface area contributed by atoms with Gasteiger partial charge in [0, 0.05) is 12.6 Å². The van der Waals surface area contributed by atoms with Gasteiger partial charge in [-0.05, 0) is 69.5 Å². The molecule has 3 rings (SSSR count). The zero-order valence-electron chi connectivity index (χ0n) is 23.0. The van der Waals surface area contributed by atoms with Crippen molar-refractivity contribution in [2.45, 2.75) is 64.6 Å². The number of sulfonamides is 1. The van der Waals surface area contributed by atoms with Gasteiger partial charge in [0.05, 0.1) is 15.6 Å². The summed E-state index contributed by atoms with van der Waals surface area (Å²) in [4.78, 5) is 28.6. The molecule has 2 amide bonds. The van der Waals surface area contributed by atoms with Gasteiger partial charge in [0.2, 0.25) is 11.8 Å². The number of amides is 2. The molecule has 0 bridgehead atoms. The number of nitrogens with zero attached hydrogens (tertiary/aromatic N) is 2. The zero-order chi connectivity index (χ0) is 28.7. The summed E-state index contributed by atoms with van der Waals surface area (Å²) in [6.45, 7) is 8.91. The van der Waals surface area contributed by atoms with Gasteiger partial charge in [0.25, 0.3) is 10.0 Å². The van der Waals surface area contributed by atoms with Crippen molar-refractivity contribution in [2.75, 3.05) is 10.8 Å². The normalized spacial score (nSPS) is 12.9. The molecular formula is C30H36ClN3O4S. The van der Waals surface area contributed by atoms with Crippen molar-refractivity contribution >= 4 is 39.1 Å². The number of anilines is 1. The van der Waals surface area contributed by atoms with Crippen molar-refractivity contribution in [3.8, 4) is 0 Å². The number of benzene rings is 3. The quantitative estimate of drug-likeness (QED) is 0.331. The highest BCUT2D eigenvalue weighted by Gasteiger charge is 2.33. The van der Waals surface area contributed by atoms with Crippen LogP contribution in [0.4, 0.5) is 5.69 Å². The van der Waals surface area contributed by atoms with Gasteiger partial charge in [-0.3, -0.25) is 13.9 Å². The molecule has 9 heteroatoms. The molecule has 39 heavy (non-hydrogen) atoms. The van der Waals surface area contributed by atoms with Gasteiger partial charge in [-0.15, -0.1) is 0 Å². The number of hydrogen-bond donors (Lipinski definition) is 1. The van der Waals surface area contributed by atoms with Gasteiger partial charge in [0.1, 0.15) is 12.6 Å². The van der Waals surface area contributed by atoms with Crippen molar-refractivity contribution in [3.63, 3.8) is 0 Å². The number of para-hydroxylation sites is 1.